The lowest BCUT2D eigenvalue weighted by Crippen LogP contribution is -2.45. The fourth-order valence-corrected chi connectivity index (χ4v) is 3.59. The third kappa shape index (κ3) is 5.27. The van der Waals surface area contributed by atoms with Gasteiger partial charge < -0.3 is 4.90 Å². The van der Waals surface area contributed by atoms with Crippen LogP contribution in [0.1, 0.15) is 25.3 Å². The van der Waals surface area contributed by atoms with E-state index in [2.05, 4.69) is 6.92 Å². The smallest absolute Gasteiger partial charge is 0.237 e. The van der Waals surface area contributed by atoms with E-state index in [9.17, 15) is 17.6 Å². The molecule has 0 bridgehead atoms. The molecule has 0 N–H and O–H groups in total. The van der Waals surface area contributed by atoms with Crippen molar-refractivity contribution in [3.05, 3.63) is 35.6 Å². The minimum atomic E-state index is -3.53. The maximum absolute atomic E-state index is 13.7. The Morgan fingerprint density at radius 1 is 1.29 bits per heavy atom. The molecule has 0 radical (unpaired) electrons. The van der Waals surface area contributed by atoms with Crippen molar-refractivity contribution in [2.75, 3.05) is 32.4 Å². The van der Waals surface area contributed by atoms with Gasteiger partial charge in [-0.05, 0) is 36.8 Å². The van der Waals surface area contributed by atoms with E-state index in [4.69, 9.17) is 0 Å². The molecule has 0 aromatic heterocycles. The number of hydrogen-bond donors (Lipinski definition) is 0. The molecule has 0 spiro atoms. The van der Waals surface area contributed by atoms with Crippen LogP contribution in [-0.4, -0.2) is 56.0 Å². The second kappa shape index (κ2) is 8.07. The van der Waals surface area contributed by atoms with Crippen molar-refractivity contribution in [3.8, 4) is 0 Å². The zero-order valence-corrected chi connectivity index (χ0v) is 15.1. The predicted octanol–water partition coefficient (Wildman–Crippen LogP) is 1.89. The molecule has 0 saturated carbocycles. The summed E-state index contributed by atoms with van der Waals surface area (Å²) in [7, 11) is -3.53. The normalized spacial score (nSPS) is 16.6. The topological polar surface area (TPSA) is 57.7 Å². The van der Waals surface area contributed by atoms with Crippen molar-refractivity contribution < 1.29 is 17.6 Å². The lowest BCUT2D eigenvalue weighted by Gasteiger charge is -2.32. The molecule has 1 aliphatic heterocycles. The molecular weight excluding hydrogens is 331 g/mol. The summed E-state index contributed by atoms with van der Waals surface area (Å²) in [4.78, 5) is 14.1. The molecule has 5 nitrogen and oxygen atoms in total. The molecular formula is C17H25FN2O3S. The van der Waals surface area contributed by atoms with Crippen molar-refractivity contribution in [1.82, 2.24) is 9.21 Å². The molecule has 1 amide bonds. The van der Waals surface area contributed by atoms with E-state index in [0.717, 1.165) is 23.4 Å². The third-order valence-corrected chi connectivity index (χ3v) is 5.76. The van der Waals surface area contributed by atoms with Crippen molar-refractivity contribution >= 4 is 15.9 Å². The van der Waals surface area contributed by atoms with Gasteiger partial charge in [0.1, 0.15) is 5.82 Å². The number of piperidine rings is 1. The molecule has 1 aromatic carbocycles. The summed E-state index contributed by atoms with van der Waals surface area (Å²) in [5.74, 6) is 0.0595. The molecule has 7 heteroatoms. The summed E-state index contributed by atoms with van der Waals surface area (Å²) in [6, 6.07) is 6.28. The minimum absolute atomic E-state index is 0.0930. The van der Waals surface area contributed by atoms with Crippen molar-refractivity contribution in [1.29, 1.82) is 0 Å². The molecule has 1 heterocycles. The summed E-state index contributed by atoms with van der Waals surface area (Å²) >= 11 is 0. The van der Waals surface area contributed by atoms with Gasteiger partial charge in [0.15, 0.2) is 0 Å². The van der Waals surface area contributed by atoms with E-state index >= 15 is 0 Å². The zero-order chi connectivity index (χ0) is 17.7. The summed E-state index contributed by atoms with van der Waals surface area (Å²) in [6.45, 7) is 3.41. The van der Waals surface area contributed by atoms with Crippen LogP contribution in [0.2, 0.25) is 0 Å². The average molecular weight is 356 g/mol. The van der Waals surface area contributed by atoms with E-state index in [1.54, 1.807) is 23.1 Å². The number of rotatable bonds is 6. The summed E-state index contributed by atoms with van der Waals surface area (Å²) in [6.07, 6.45) is 3.21. The second-order valence-corrected chi connectivity index (χ2v) is 8.48. The van der Waals surface area contributed by atoms with Crippen LogP contribution in [0.15, 0.2) is 24.3 Å². The van der Waals surface area contributed by atoms with Crippen LogP contribution < -0.4 is 0 Å². The first-order valence-corrected chi connectivity index (χ1v) is 10.1. The van der Waals surface area contributed by atoms with Crippen LogP contribution in [0.5, 0.6) is 0 Å². The Balaban J connectivity index is 1.98. The number of carbonyl (C=O) groups excluding carboxylic acids is 1. The SMILES string of the molecule is CC1CCN(C(=O)CN(CCc2ccccc2F)S(C)(=O)=O)CC1. The standard InChI is InChI=1S/C17H25FN2O3S/c1-14-7-10-19(11-8-14)17(21)13-20(24(2,22)23)12-9-15-5-3-4-6-16(15)18/h3-6,14H,7-13H2,1-2H3. The lowest BCUT2D eigenvalue weighted by molar-refractivity contribution is -0.132. The summed E-state index contributed by atoms with van der Waals surface area (Å²) in [5.41, 5.74) is 0.449. The zero-order valence-electron chi connectivity index (χ0n) is 14.2. The first kappa shape index (κ1) is 18.9. The maximum atomic E-state index is 13.7. The van der Waals surface area contributed by atoms with Gasteiger partial charge in [0, 0.05) is 19.6 Å². The number of halogens is 1. The second-order valence-electron chi connectivity index (χ2n) is 6.50. The van der Waals surface area contributed by atoms with Gasteiger partial charge in [-0.1, -0.05) is 25.1 Å². The molecule has 1 aromatic rings. The van der Waals surface area contributed by atoms with E-state index < -0.39 is 10.0 Å². The van der Waals surface area contributed by atoms with E-state index in [1.807, 2.05) is 0 Å². The Morgan fingerprint density at radius 2 is 1.92 bits per heavy atom. The molecule has 134 valence electrons. The Hall–Kier alpha value is -1.47. The van der Waals surface area contributed by atoms with Gasteiger partial charge in [-0.3, -0.25) is 4.79 Å². The van der Waals surface area contributed by atoms with Crippen LogP contribution in [0.3, 0.4) is 0 Å². The van der Waals surface area contributed by atoms with Gasteiger partial charge in [0.2, 0.25) is 15.9 Å². The Bertz CT molecular complexity index is 670. The molecule has 2 rings (SSSR count). The monoisotopic (exact) mass is 356 g/mol. The molecule has 0 unspecified atom stereocenters. The first-order chi connectivity index (χ1) is 11.3. The van der Waals surface area contributed by atoms with Crippen molar-refractivity contribution in [2.45, 2.75) is 26.2 Å². The maximum Gasteiger partial charge on any atom is 0.237 e. The fraction of sp³-hybridized carbons (Fsp3) is 0.588. The van der Waals surface area contributed by atoms with E-state index in [0.29, 0.717) is 24.6 Å². The highest BCUT2D eigenvalue weighted by atomic mass is 32.2. The highest BCUT2D eigenvalue weighted by molar-refractivity contribution is 7.88. The van der Waals surface area contributed by atoms with Gasteiger partial charge in [-0.25, -0.2) is 12.8 Å². The number of benzene rings is 1. The number of carbonyl (C=O) groups is 1. The van der Waals surface area contributed by atoms with E-state index in [-0.39, 0.29) is 31.2 Å². The van der Waals surface area contributed by atoms with Gasteiger partial charge in [0.25, 0.3) is 0 Å². The largest absolute Gasteiger partial charge is 0.342 e. The first-order valence-electron chi connectivity index (χ1n) is 8.23. The molecule has 1 aliphatic rings. The number of sulfonamides is 1. The summed E-state index contributed by atoms with van der Waals surface area (Å²) in [5, 5.41) is 0. The molecule has 1 fully saturated rings. The fourth-order valence-electron chi connectivity index (χ4n) is 2.82. The van der Waals surface area contributed by atoms with Crippen LogP contribution in [-0.2, 0) is 21.2 Å². The van der Waals surface area contributed by atoms with Crippen LogP contribution >= 0.6 is 0 Å². The highest BCUT2D eigenvalue weighted by Gasteiger charge is 2.25. The van der Waals surface area contributed by atoms with Crippen LogP contribution in [0.25, 0.3) is 0 Å². The van der Waals surface area contributed by atoms with Crippen LogP contribution in [0.4, 0.5) is 4.39 Å². The van der Waals surface area contributed by atoms with Crippen molar-refractivity contribution in [2.24, 2.45) is 5.92 Å². The third-order valence-electron chi connectivity index (χ3n) is 4.51. The minimum Gasteiger partial charge on any atom is -0.342 e. The van der Waals surface area contributed by atoms with E-state index in [1.165, 1.54) is 6.07 Å². The Morgan fingerprint density at radius 3 is 2.50 bits per heavy atom. The van der Waals surface area contributed by atoms with Crippen LogP contribution in [0, 0.1) is 11.7 Å². The summed E-state index contributed by atoms with van der Waals surface area (Å²) < 4.78 is 38.8. The van der Waals surface area contributed by atoms with Gasteiger partial charge >= 0.3 is 0 Å². The molecule has 0 aliphatic carbocycles. The quantitative estimate of drug-likeness (QED) is 0.782. The number of nitrogens with zero attached hydrogens (tertiary/aromatic N) is 2. The predicted molar refractivity (Wildman–Crippen MR) is 91.5 cm³/mol. The number of amides is 1. The number of hydrogen-bond acceptors (Lipinski definition) is 3. The van der Waals surface area contributed by atoms with Gasteiger partial charge in [0.05, 0.1) is 12.8 Å². The average Bonchev–Trinajstić information content (AvgIpc) is 2.52. The highest BCUT2D eigenvalue weighted by Crippen LogP contribution is 2.17. The Labute approximate surface area is 143 Å². The van der Waals surface area contributed by atoms with Gasteiger partial charge in [-0.15, -0.1) is 0 Å². The molecule has 0 atom stereocenters. The molecule has 24 heavy (non-hydrogen) atoms. The Kier molecular flexibility index (Phi) is 6.34. The van der Waals surface area contributed by atoms with Gasteiger partial charge in [-0.2, -0.15) is 4.31 Å². The number of likely N-dealkylation sites (tertiary alicyclic amines) is 1. The lowest BCUT2D eigenvalue weighted by atomic mass is 9.99. The van der Waals surface area contributed by atoms with Crippen molar-refractivity contribution in [3.63, 3.8) is 0 Å². The molecule has 1 saturated heterocycles.